The standard InChI is InChI=1S/C28H30FN3O2/c1-2-3-17-30(28(34)21-8-6-9-21)19-26(33)32-24-11-5-4-10-23(24)31-18-7-12-25(31)27(32)20-13-15-22(29)16-14-20/h4-5,7,10-16,18,21,27H,2-3,6,8-9,17,19H2,1H3. The second-order valence-corrected chi connectivity index (χ2v) is 9.25. The van der Waals surface area contributed by atoms with Gasteiger partial charge in [0.2, 0.25) is 11.8 Å². The highest BCUT2D eigenvalue weighted by Gasteiger charge is 2.38. The zero-order chi connectivity index (χ0) is 23.7. The largest absolute Gasteiger partial charge is 0.333 e. The van der Waals surface area contributed by atoms with Crippen molar-refractivity contribution < 1.29 is 14.0 Å². The van der Waals surface area contributed by atoms with Gasteiger partial charge in [-0.2, -0.15) is 0 Å². The fourth-order valence-electron chi connectivity index (χ4n) is 4.99. The number of carbonyl (C=O) groups excluding carboxylic acids is 2. The van der Waals surface area contributed by atoms with Crippen LogP contribution in [0.5, 0.6) is 0 Å². The first-order valence-corrected chi connectivity index (χ1v) is 12.2. The molecule has 34 heavy (non-hydrogen) atoms. The number of fused-ring (bicyclic) bond motifs is 3. The zero-order valence-corrected chi connectivity index (χ0v) is 19.5. The topological polar surface area (TPSA) is 45.6 Å². The van der Waals surface area contributed by atoms with Gasteiger partial charge >= 0.3 is 0 Å². The fourth-order valence-corrected chi connectivity index (χ4v) is 4.99. The molecule has 1 atom stereocenters. The number of carbonyl (C=O) groups is 2. The maximum atomic E-state index is 14.0. The van der Waals surface area contributed by atoms with Crippen molar-refractivity contribution in [3.63, 3.8) is 0 Å². The summed E-state index contributed by atoms with van der Waals surface area (Å²) in [7, 11) is 0. The first kappa shape index (κ1) is 22.4. The third-order valence-electron chi connectivity index (χ3n) is 7.05. The third-order valence-corrected chi connectivity index (χ3v) is 7.05. The second kappa shape index (κ2) is 9.45. The Balaban J connectivity index is 1.54. The summed E-state index contributed by atoms with van der Waals surface area (Å²) in [5, 5.41) is 0. The van der Waals surface area contributed by atoms with E-state index >= 15 is 0 Å². The first-order chi connectivity index (χ1) is 16.6. The molecule has 176 valence electrons. The van der Waals surface area contributed by atoms with Crippen LogP contribution in [0.1, 0.15) is 56.3 Å². The smallest absolute Gasteiger partial charge is 0.247 e. The van der Waals surface area contributed by atoms with Gasteiger partial charge in [-0.3, -0.25) is 14.5 Å². The average molecular weight is 460 g/mol. The molecule has 5 rings (SSSR count). The molecule has 1 saturated carbocycles. The van der Waals surface area contributed by atoms with Crippen molar-refractivity contribution >= 4 is 17.5 Å². The third kappa shape index (κ3) is 4.02. The molecular formula is C28H30FN3O2. The lowest BCUT2D eigenvalue weighted by Gasteiger charge is -2.40. The van der Waals surface area contributed by atoms with E-state index in [1.165, 1.54) is 12.1 Å². The Labute approximate surface area is 199 Å². The SMILES string of the molecule is CCCCN(CC(=O)N1c2ccccc2-n2cccc2C1c1ccc(F)cc1)C(=O)C1CCC1. The highest BCUT2D eigenvalue weighted by molar-refractivity contribution is 6.00. The lowest BCUT2D eigenvalue weighted by Crippen LogP contribution is -2.48. The molecule has 0 bridgehead atoms. The molecule has 0 spiro atoms. The summed E-state index contributed by atoms with van der Waals surface area (Å²) >= 11 is 0. The molecule has 1 fully saturated rings. The minimum atomic E-state index is -0.412. The molecule has 2 heterocycles. The Kier molecular flexibility index (Phi) is 6.22. The van der Waals surface area contributed by atoms with Gasteiger partial charge in [0.15, 0.2) is 0 Å². The molecule has 1 aliphatic carbocycles. The number of benzene rings is 2. The number of para-hydroxylation sites is 2. The summed E-state index contributed by atoms with van der Waals surface area (Å²) in [6.07, 6.45) is 6.71. The number of unbranched alkanes of at least 4 members (excludes halogenated alkanes) is 1. The maximum Gasteiger partial charge on any atom is 0.247 e. The van der Waals surface area contributed by atoms with Crippen molar-refractivity contribution in [2.75, 3.05) is 18.0 Å². The molecule has 0 radical (unpaired) electrons. The van der Waals surface area contributed by atoms with Crippen LogP contribution in [-0.2, 0) is 9.59 Å². The molecule has 1 aromatic heterocycles. The van der Waals surface area contributed by atoms with Crippen molar-refractivity contribution in [3.8, 4) is 5.69 Å². The Morgan fingerprint density at radius 3 is 2.41 bits per heavy atom. The number of halogens is 1. The highest BCUT2D eigenvalue weighted by atomic mass is 19.1. The molecule has 0 saturated heterocycles. The predicted octanol–water partition coefficient (Wildman–Crippen LogP) is 5.48. The predicted molar refractivity (Wildman–Crippen MR) is 130 cm³/mol. The van der Waals surface area contributed by atoms with Crippen LogP contribution < -0.4 is 4.90 Å². The van der Waals surface area contributed by atoms with Crippen LogP contribution >= 0.6 is 0 Å². The lowest BCUT2D eigenvalue weighted by molar-refractivity contribution is -0.141. The van der Waals surface area contributed by atoms with Crippen LogP contribution in [0.3, 0.4) is 0 Å². The van der Waals surface area contributed by atoms with E-state index in [4.69, 9.17) is 0 Å². The minimum absolute atomic E-state index is 0.0437. The second-order valence-electron chi connectivity index (χ2n) is 9.25. The van der Waals surface area contributed by atoms with Gasteiger partial charge in [-0.15, -0.1) is 0 Å². The van der Waals surface area contributed by atoms with Gasteiger partial charge in [-0.05, 0) is 61.2 Å². The molecule has 2 aromatic carbocycles. The molecule has 2 aliphatic rings. The Morgan fingerprint density at radius 2 is 1.74 bits per heavy atom. The summed E-state index contributed by atoms with van der Waals surface area (Å²) in [5.74, 6) is -0.300. The van der Waals surface area contributed by atoms with Crippen LogP contribution in [0.15, 0.2) is 66.9 Å². The van der Waals surface area contributed by atoms with Crippen molar-refractivity contribution in [1.29, 1.82) is 0 Å². The zero-order valence-electron chi connectivity index (χ0n) is 19.5. The van der Waals surface area contributed by atoms with Crippen LogP contribution in [0.2, 0.25) is 0 Å². The van der Waals surface area contributed by atoms with Gasteiger partial charge in [0.1, 0.15) is 18.4 Å². The van der Waals surface area contributed by atoms with Gasteiger partial charge in [0.05, 0.1) is 17.1 Å². The summed E-state index contributed by atoms with van der Waals surface area (Å²) in [6.45, 7) is 2.72. The number of amides is 2. The van der Waals surface area contributed by atoms with Gasteiger partial charge in [-0.1, -0.05) is 44.0 Å². The molecule has 5 nitrogen and oxygen atoms in total. The van der Waals surface area contributed by atoms with Crippen LogP contribution in [0.25, 0.3) is 5.69 Å². The molecule has 3 aromatic rings. The van der Waals surface area contributed by atoms with Crippen molar-refractivity contribution in [1.82, 2.24) is 9.47 Å². The van der Waals surface area contributed by atoms with Crippen LogP contribution in [-0.4, -0.2) is 34.4 Å². The van der Waals surface area contributed by atoms with E-state index in [0.29, 0.717) is 6.54 Å². The summed E-state index contributed by atoms with van der Waals surface area (Å²) in [6, 6.07) is 17.7. The van der Waals surface area contributed by atoms with Crippen molar-refractivity contribution in [2.24, 2.45) is 5.92 Å². The van der Waals surface area contributed by atoms with E-state index < -0.39 is 6.04 Å². The van der Waals surface area contributed by atoms with Gasteiger partial charge < -0.3 is 9.47 Å². The van der Waals surface area contributed by atoms with E-state index in [0.717, 1.165) is 54.7 Å². The van der Waals surface area contributed by atoms with Gasteiger partial charge in [0, 0.05) is 18.7 Å². The molecule has 0 N–H and O–H groups in total. The molecule has 2 amide bonds. The van der Waals surface area contributed by atoms with Crippen LogP contribution in [0.4, 0.5) is 10.1 Å². The number of nitrogens with zero attached hydrogens (tertiary/aromatic N) is 3. The van der Waals surface area contributed by atoms with E-state index in [2.05, 4.69) is 11.5 Å². The Morgan fingerprint density at radius 1 is 1.00 bits per heavy atom. The van der Waals surface area contributed by atoms with E-state index in [9.17, 15) is 14.0 Å². The van der Waals surface area contributed by atoms with Crippen molar-refractivity contribution in [3.05, 3.63) is 83.9 Å². The molecule has 6 heteroatoms. The lowest BCUT2D eigenvalue weighted by atomic mass is 9.84. The quantitative estimate of drug-likeness (QED) is 0.470. The monoisotopic (exact) mass is 459 g/mol. The number of hydrogen-bond donors (Lipinski definition) is 0. The number of hydrogen-bond acceptors (Lipinski definition) is 2. The van der Waals surface area contributed by atoms with Crippen LogP contribution in [0, 0.1) is 11.7 Å². The fraction of sp³-hybridized carbons (Fsp3) is 0.357. The first-order valence-electron chi connectivity index (χ1n) is 12.2. The number of aromatic nitrogens is 1. The average Bonchev–Trinajstić information content (AvgIpc) is 3.30. The van der Waals surface area contributed by atoms with E-state index in [-0.39, 0.29) is 30.1 Å². The highest BCUT2D eigenvalue weighted by Crippen LogP contribution is 2.42. The summed E-state index contributed by atoms with van der Waals surface area (Å²) in [4.78, 5) is 30.7. The summed E-state index contributed by atoms with van der Waals surface area (Å²) in [5.41, 5.74) is 3.47. The van der Waals surface area contributed by atoms with E-state index in [1.54, 1.807) is 21.9 Å². The Hall–Kier alpha value is -3.41. The van der Waals surface area contributed by atoms with Crippen molar-refractivity contribution in [2.45, 2.75) is 45.1 Å². The molecule has 1 unspecified atom stereocenters. The van der Waals surface area contributed by atoms with Gasteiger partial charge in [-0.25, -0.2) is 4.39 Å². The normalized spacial score (nSPS) is 17.0. The molecule has 1 aliphatic heterocycles. The summed E-state index contributed by atoms with van der Waals surface area (Å²) < 4.78 is 15.8. The number of rotatable bonds is 7. The Bertz CT molecular complexity index is 1180. The molecular weight excluding hydrogens is 429 g/mol. The van der Waals surface area contributed by atoms with E-state index in [1.807, 2.05) is 42.6 Å². The van der Waals surface area contributed by atoms with Gasteiger partial charge in [0.25, 0.3) is 0 Å². The maximum absolute atomic E-state index is 14.0. The number of anilines is 1. The minimum Gasteiger partial charge on any atom is -0.333 e.